The summed E-state index contributed by atoms with van der Waals surface area (Å²) in [7, 11) is 0. The van der Waals surface area contributed by atoms with Gasteiger partial charge in [0.15, 0.2) is 0 Å². The molecule has 0 heterocycles. The lowest BCUT2D eigenvalue weighted by Gasteiger charge is -2.37. The predicted octanol–water partition coefficient (Wildman–Crippen LogP) is 4.62. The van der Waals surface area contributed by atoms with Crippen LogP contribution in [0.1, 0.15) is 50.5 Å². The molecule has 1 aromatic carbocycles. The minimum absolute atomic E-state index is 0.859. The van der Waals surface area contributed by atoms with Gasteiger partial charge in [-0.2, -0.15) is 0 Å². The standard InChI is InChI=1S/C16H22/c1-12-10-14-8-5-9-15(14)16(11-12)13-6-3-2-4-7-13/h2-4,6-7,12,14-16H,5,8-11H2,1H3. The van der Waals surface area contributed by atoms with Crippen LogP contribution in [-0.2, 0) is 0 Å². The number of hydrogen-bond acceptors (Lipinski definition) is 0. The van der Waals surface area contributed by atoms with Gasteiger partial charge in [0, 0.05) is 0 Å². The van der Waals surface area contributed by atoms with E-state index < -0.39 is 0 Å². The molecule has 16 heavy (non-hydrogen) atoms. The molecule has 3 rings (SSSR count). The molecule has 0 nitrogen and oxygen atoms in total. The van der Waals surface area contributed by atoms with Crippen LogP contribution in [-0.4, -0.2) is 0 Å². The lowest BCUT2D eigenvalue weighted by atomic mass is 9.67. The molecular weight excluding hydrogens is 192 g/mol. The number of fused-ring (bicyclic) bond motifs is 1. The summed E-state index contributed by atoms with van der Waals surface area (Å²) < 4.78 is 0. The average molecular weight is 214 g/mol. The van der Waals surface area contributed by atoms with E-state index in [0.29, 0.717) is 0 Å². The van der Waals surface area contributed by atoms with Crippen LogP contribution in [0.4, 0.5) is 0 Å². The van der Waals surface area contributed by atoms with Crippen molar-refractivity contribution in [2.45, 2.75) is 44.9 Å². The van der Waals surface area contributed by atoms with Gasteiger partial charge in [0.1, 0.15) is 0 Å². The molecule has 0 heteroatoms. The third-order valence-electron chi connectivity index (χ3n) is 4.82. The lowest BCUT2D eigenvalue weighted by molar-refractivity contribution is 0.187. The van der Waals surface area contributed by atoms with E-state index in [1.807, 2.05) is 0 Å². The summed E-state index contributed by atoms with van der Waals surface area (Å²) in [6, 6.07) is 11.2. The van der Waals surface area contributed by atoms with Crippen LogP contribution >= 0.6 is 0 Å². The average Bonchev–Trinajstić information content (AvgIpc) is 2.77. The number of rotatable bonds is 1. The molecule has 0 radical (unpaired) electrons. The Bertz CT molecular complexity index is 340. The molecular formula is C16H22. The lowest BCUT2D eigenvalue weighted by Crippen LogP contribution is -2.26. The minimum Gasteiger partial charge on any atom is -0.0625 e. The smallest absolute Gasteiger partial charge is 0.0128 e. The van der Waals surface area contributed by atoms with Crippen molar-refractivity contribution in [3.05, 3.63) is 35.9 Å². The second kappa shape index (κ2) is 4.24. The highest BCUT2D eigenvalue weighted by atomic mass is 14.4. The zero-order valence-corrected chi connectivity index (χ0v) is 10.2. The maximum atomic E-state index is 2.45. The predicted molar refractivity (Wildman–Crippen MR) is 68.4 cm³/mol. The Morgan fingerprint density at radius 1 is 1.00 bits per heavy atom. The van der Waals surface area contributed by atoms with E-state index >= 15 is 0 Å². The summed E-state index contributed by atoms with van der Waals surface area (Å²) in [4.78, 5) is 0. The maximum absolute atomic E-state index is 2.45. The van der Waals surface area contributed by atoms with Gasteiger partial charge in [-0.15, -0.1) is 0 Å². The summed E-state index contributed by atoms with van der Waals surface area (Å²) >= 11 is 0. The van der Waals surface area contributed by atoms with E-state index in [0.717, 1.165) is 23.7 Å². The van der Waals surface area contributed by atoms with E-state index in [4.69, 9.17) is 0 Å². The highest BCUT2D eigenvalue weighted by Crippen LogP contribution is 2.51. The molecule has 86 valence electrons. The largest absolute Gasteiger partial charge is 0.0625 e. The van der Waals surface area contributed by atoms with Crippen molar-refractivity contribution in [1.82, 2.24) is 0 Å². The van der Waals surface area contributed by atoms with E-state index in [1.54, 1.807) is 5.56 Å². The minimum atomic E-state index is 0.859. The van der Waals surface area contributed by atoms with Crippen molar-refractivity contribution >= 4 is 0 Å². The van der Waals surface area contributed by atoms with Crippen LogP contribution in [0.3, 0.4) is 0 Å². The van der Waals surface area contributed by atoms with Gasteiger partial charge in [0.05, 0.1) is 0 Å². The van der Waals surface area contributed by atoms with Crippen LogP contribution in [0, 0.1) is 17.8 Å². The first-order chi connectivity index (χ1) is 7.84. The third kappa shape index (κ3) is 1.79. The van der Waals surface area contributed by atoms with Gasteiger partial charge in [-0.3, -0.25) is 0 Å². The summed E-state index contributed by atoms with van der Waals surface area (Å²) in [5, 5.41) is 0. The van der Waals surface area contributed by atoms with Gasteiger partial charge in [0.25, 0.3) is 0 Å². The first kappa shape index (κ1) is 10.4. The van der Waals surface area contributed by atoms with Crippen molar-refractivity contribution in [3.63, 3.8) is 0 Å². The molecule has 1 aromatic rings. The van der Waals surface area contributed by atoms with Crippen molar-refractivity contribution in [3.8, 4) is 0 Å². The Morgan fingerprint density at radius 3 is 2.62 bits per heavy atom. The van der Waals surface area contributed by atoms with Crippen LogP contribution < -0.4 is 0 Å². The molecule has 0 saturated heterocycles. The normalized spacial score (nSPS) is 38.3. The quantitative estimate of drug-likeness (QED) is 0.640. The van der Waals surface area contributed by atoms with Crippen molar-refractivity contribution < 1.29 is 0 Å². The second-order valence-electron chi connectivity index (χ2n) is 5.95. The number of benzene rings is 1. The molecule has 2 aliphatic rings. The fourth-order valence-corrected chi connectivity index (χ4v) is 4.19. The highest BCUT2D eigenvalue weighted by Gasteiger charge is 2.39. The van der Waals surface area contributed by atoms with Gasteiger partial charge in [-0.25, -0.2) is 0 Å². The van der Waals surface area contributed by atoms with E-state index in [9.17, 15) is 0 Å². The third-order valence-corrected chi connectivity index (χ3v) is 4.82. The fraction of sp³-hybridized carbons (Fsp3) is 0.625. The molecule has 0 amide bonds. The monoisotopic (exact) mass is 214 g/mol. The van der Waals surface area contributed by atoms with Crippen LogP contribution in [0.5, 0.6) is 0 Å². The van der Waals surface area contributed by atoms with Crippen LogP contribution in [0.25, 0.3) is 0 Å². The first-order valence-corrected chi connectivity index (χ1v) is 6.89. The Hall–Kier alpha value is -0.780. The SMILES string of the molecule is CC1CC2CCCC2C(c2ccccc2)C1. The van der Waals surface area contributed by atoms with E-state index in [1.165, 1.54) is 32.1 Å². The summed E-state index contributed by atoms with van der Waals surface area (Å²) in [6.45, 7) is 2.45. The summed E-state index contributed by atoms with van der Waals surface area (Å²) in [6.07, 6.45) is 7.37. The molecule has 4 atom stereocenters. The van der Waals surface area contributed by atoms with Crippen molar-refractivity contribution in [2.75, 3.05) is 0 Å². The molecule has 0 aliphatic heterocycles. The first-order valence-electron chi connectivity index (χ1n) is 6.89. The van der Waals surface area contributed by atoms with Gasteiger partial charge in [-0.1, -0.05) is 50.1 Å². The molecule has 0 bridgehead atoms. The summed E-state index contributed by atoms with van der Waals surface area (Å²) in [5.41, 5.74) is 1.60. The summed E-state index contributed by atoms with van der Waals surface area (Å²) in [5.74, 6) is 3.83. The van der Waals surface area contributed by atoms with Crippen LogP contribution in [0.2, 0.25) is 0 Å². The van der Waals surface area contributed by atoms with Gasteiger partial charge >= 0.3 is 0 Å². The molecule has 4 unspecified atom stereocenters. The Morgan fingerprint density at radius 2 is 1.81 bits per heavy atom. The van der Waals surface area contributed by atoms with Crippen molar-refractivity contribution in [2.24, 2.45) is 17.8 Å². The van der Waals surface area contributed by atoms with E-state index in [-0.39, 0.29) is 0 Å². The van der Waals surface area contributed by atoms with Gasteiger partial charge < -0.3 is 0 Å². The molecule has 0 N–H and O–H groups in total. The molecule has 2 aliphatic carbocycles. The van der Waals surface area contributed by atoms with E-state index in [2.05, 4.69) is 37.3 Å². The topological polar surface area (TPSA) is 0 Å². The number of hydrogen-bond donors (Lipinski definition) is 0. The van der Waals surface area contributed by atoms with Gasteiger partial charge in [0.2, 0.25) is 0 Å². The highest BCUT2D eigenvalue weighted by molar-refractivity contribution is 5.22. The molecule has 2 fully saturated rings. The fourth-order valence-electron chi connectivity index (χ4n) is 4.19. The zero-order chi connectivity index (χ0) is 11.0. The Labute approximate surface area is 99.1 Å². The van der Waals surface area contributed by atoms with Gasteiger partial charge in [-0.05, 0) is 48.5 Å². The molecule has 0 spiro atoms. The zero-order valence-electron chi connectivity index (χ0n) is 10.2. The maximum Gasteiger partial charge on any atom is -0.0128 e. The second-order valence-corrected chi connectivity index (χ2v) is 5.95. The molecule has 0 aromatic heterocycles. The molecule has 2 saturated carbocycles. The Balaban J connectivity index is 1.87. The van der Waals surface area contributed by atoms with Crippen LogP contribution in [0.15, 0.2) is 30.3 Å². The Kier molecular flexibility index (Phi) is 2.75. The van der Waals surface area contributed by atoms with Crippen molar-refractivity contribution in [1.29, 1.82) is 0 Å².